The van der Waals surface area contributed by atoms with E-state index in [-0.39, 0.29) is 18.5 Å². The zero-order chi connectivity index (χ0) is 29.5. The molecule has 216 valence electrons. The van der Waals surface area contributed by atoms with Crippen molar-refractivity contribution in [2.24, 2.45) is 17.6 Å². The number of nitrogens with zero attached hydrogens (tertiary/aromatic N) is 1. The number of phenolic OH excluding ortho intramolecular Hbond substituents is 1. The van der Waals surface area contributed by atoms with Crippen molar-refractivity contribution in [3.63, 3.8) is 0 Å². The molecule has 0 aromatic heterocycles. The number of phenols is 1. The van der Waals surface area contributed by atoms with Gasteiger partial charge in [0.2, 0.25) is 5.78 Å². The number of likely N-dealkylation sites (N-methyl/N-ethyl adjacent to an activating group) is 1. The van der Waals surface area contributed by atoms with Crippen LogP contribution in [0.4, 0.5) is 13.2 Å². The Kier molecular flexibility index (Phi) is 6.55. The molecule has 5 atom stereocenters. The second-order valence-electron chi connectivity index (χ2n) is 10.9. The summed E-state index contributed by atoms with van der Waals surface area (Å²) in [6, 6.07) is -0.998. The summed E-state index contributed by atoms with van der Waals surface area (Å²) in [6.45, 7) is 2.43. The lowest BCUT2D eigenvalue weighted by Gasteiger charge is -2.50. The van der Waals surface area contributed by atoms with Gasteiger partial charge in [0, 0.05) is 17.5 Å². The van der Waals surface area contributed by atoms with E-state index in [1.54, 1.807) is 6.92 Å². The van der Waals surface area contributed by atoms with Crippen LogP contribution in [0.5, 0.6) is 5.75 Å². The Hall–Kier alpha value is -3.42. The molecule has 1 amide bonds. The van der Waals surface area contributed by atoms with Gasteiger partial charge in [-0.15, -0.1) is 0 Å². The van der Waals surface area contributed by atoms with Crippen LogP contribution in [0.3, 0.4) is 0 Å². The summed E-state index contributed by atoms with van der Waals surface area (Å²) in [6.07, 6.45) is -4.56. The standard InChI is InChI=1S/C27H30F3N3O7/c1-3-33(2)20-13-8-10-7-12-17(15(34)9-11(14-5-4-6-32-14)19(12)27(28,29)30)21(35)16(10)23(37)26(13,40)24(38)18(22(20)36)25(31)39/h9-10,13-14,20,32,34,36-37,40H,3-8H2,1-2H3,(H2,31,39)/t10-,13-,14?,20-,26-/m0/s1. The number of hydrogen-bond acceptors (Lipinski definition) is 9. The van der Waals surface area contributed by atoms with Crippen molar-refractivity contribution in [2.45, 2.75) is 56.5 Å². The second-order valence-corrected chi connectivity index (χ2v) is 10.9. The van der Waals surface area contributed by atoms with Crippen molar-refractivity contribution in [2.75, 3.05) is 20.1 Å². The number of aliphatic hydroxyl groups excluding tert-OH is 2. The number of rotatable bonds is 4. The molecule has 1 aromatic rings. The van der Waals surface area contributed by atoms with Crippen molar-refractivity contribution in [1.29, 1.82) is 0 Å². The highest BCUT2D eigenvalue weighted by Crippen LogP contribution is 2.54. The van der Waals surface area contributed by atoms with Crippen molar-refractivity contribution in [1.82, 2.24) is 10.2 Å². The van der Waals surface area contributed by atoms with Crippen LogP contribution >= 0.6 is 0 Å². The first kappa shape index (κ1) is 28.1. The molecule has 1 unspecified atom stereocenters. The first-order valence-corrected chi connectivity index (χ1v) is 13.0. The Balaban J connectivity index is 1.74. The molecular formula is C27H30F3N3O7. The molecule has 1 heterocycles. The van der Waals surface area contributed by atoms with Crippen LogP contribution in [-0.4, -0.2) is 74.6 Å². The number of halogens is 3. The highest BCUT2D eigenvalue weighted by molar-refractivity contribution is 6.24. The lowest BCUT2D eigenvalue weighted by atomic mass is 9.58. The number of carbonyl (C=O) groups is 3. The first-order valence-electron chi connectivity index (χ1n) is 13.0. The van der Waals surface area contributed by atoms with E-state index in [1.165, 1.54) is 11.9 Å². The Morgan fingerprint density at radius 3 is 2.48 bits per heavy atom. The molecule has 1 aliphatic heterocycles. The number of alkyl halides is 3. The molecular weight excluding hydrogens is 535 g/mol. The monoisotopic (exact) mass is 565 g/mol. The summed E-state index contributed by atoms with van der Waals surface area (Å²) < 4.78 is 43.7. The first-order chi connectivity index (χ1) is 18.7. The van der Waals surface area contributed by atoms with Crippen LogP contribution in [0.2, 0.25) is 0 Å². The van der Waals surface area contributed by atoms with Gasteiger partial charge in [0.15, 0.2) is 11.4 Å². The summed E-state index contributed by atoms with van der Waals surface area (Å²) >= 11 is 0. The summed E-state index contributed by atoms with van der Waals surface area (Å²) in [5.74, 6) is -8.91. The maximum Gasteiger partial charge on any atom is 0.417 e. The van der Waals surface area contributed by atoms with E-state index in [4.69, 9.17) is 5.73 Å². The lowest BCUT2D eigenvalue weighted by molar-refractivity contribution is -0.148. The number of nitrogens with one attached hydrogen (secondary N) is 1. The third-order valence-electron chi connectivity index (χ3n) is 8.89. The van der Waals surface area contributed by atoms with Crippen LogP contribution in [0.25, 0.3) is 0 Å². The molecule has 10 nitrogen and oxygen atoms in total. The Morgan fingerprint density at radius 2 is 1.93 bits per heavy atom. The van der Waals surface area contributed by atoms with E-state index in [0.29, 0.717) is 19.4 Å². The number of allylic oxidation sites excluding steroid dienone is 1. The summed E-state index contributed by atoms with van der Waals surface area (Å²) in [4.78, 5) is 40.7. The Bertz CT molecular complexity index is 1400. The van der Waals surface area contributed by atoms with Gasteiger partial charge in [0.25, 0.3) is 5.91 Å². The fraction of sp³-hybridized carbons (Fsp3) is 0.519. The molecule has 5 rings (SSSR count). The van der Waals surface area contributed by atoms with E-state index < -0.39 is 105 Å². The van der Waals surface area contributed by atoms with E-state index in [9.17, 15) is 48.0 Å². The number of nitrogens with two attached hydrogens (primary N) is 1. The summed E-state index contributed by atoms with van der Waals surface area (Å²) in [5, 5.41) is 47.7. The predicted octanol–water partition coefficient (Wildman–Crippen LogP) is 1.95. The highest BCUT2D eigenvalue weighted by atomic mass is 19.4. The minimum Gasteiger partial charge on any atom is -0.510 e. The summed E-state index contributed by atoms with van der Waals surface area (Å²) in [5.41, 5.74) is -1.28. The molecule has 1 aromatic carbocycles. The number of benzene rings is 1. The van der Waals surface area contributed by atoms with E-state index >= 15 is 0 Å². The van der Waals surface area contributed by atoms with Gasteiger partial charge in [-0.25, -0.2) is 0 Å². The molecule has 0 bridgehead atoms. The zero-order valence-electron chi connectivity index (χ0n) is 21.8. The number of hydrogen-bond donors (Lipinski definition) is 6. The van der Waals surface area contributed by atoms with Crippen LogP contribution in [0.15, 0.2) is 28.7 Å². The van der Waals surface area contributed by atoms with Crippen LogP contribution < -0.4 is 11.1 Å². The number of ketones is 2. The number of Topliss-reactive ketones (excluding diaryl/α,β-unsaturated/α-hetero) is 2. The average molecular weight is 566 g/mol. The highest BCUT2D eigenvalue weighted by Gasteiger charge is 2.63. The van der Waals surface area contributed by atoms with Crippen molar-refractivity contribution >= 4 is 17.5 Å². The zero-order valence-corrected chi connectivity index (χ0v) is 21.8. The van der Waals surface area contributed by atoms with Gasteiger partial charge in [-0.05, 0) is 68.9 Å². The molecule has 7 N–H and O–H groups in total. The molecule has 4 aliphatic rings. The number of aliphatic hydroxyl groups is 3. The molecule has 13 heteroatoms. The fourth-order valence-corrected chi connectivity index (χ4v) is 7.02. The number of carbonyl (C=O) groups excluding carboxylic acids is 3. The minimum absolute atomic E-state index is 0.180. The second kappa shape index (κ2) is 9.32. The van der Waals surface area contributed by atoms with Crippen molar-refractivity contribution < 1.29 is 48.0 Å². The topological polar surface area (TPSA) is 173 Å². The molecule has 1 fully saturated rings. The number of primary amides is 1. The average Bonchev–Trinajstić information content (AvgIpc) is 3.39. The Morgan fingerprint density at radius 1 is 1.25 bits per heavy atom. The van der Waals surface area contributed by atoms with E-state index in [1.807, 2.05) is 0 Å². The largest absolute Gasteiger partial charge is 0.510 e. The van der Waals surface area contributed by atoms with Gasteiger partial charge in [-0.2, -0.15) is 13.2 Å². The smallest absolute Gasteiger partial charge is 0.417 e. The fourth-order valence-electron chi connectivity index (χ4n) is 7.02. The quantitative estimate of drug-likeness (QED) is 0.298. The van der Waals surface area contributed by atoms with Gasteiger partial charge in [-0.3, -0.25) is 19.3 Å². The molecule has 1 saturated heterocycles. The number of amides is 1. The van der Waals surface area contributed by atoms with Crippen LogP contribution in [0, 0.1) is 11.8 Å². The van der Waals surface area contributed by atoms with Gasteiger partial charge < -0.3 is 31.5 Å². The number of fused-ring (bicyclic) bond motifs is 3. The molecule has 40 heavy (non-hydrogen) atoms. The SMILES string of the molecule is CCN(C)[C@@H]1C(O)=C(C(N)=O)C(=O)[C@@]2(O)C(O)=C3C(=O)c4c(O)cc(C5CCCN5)c(C(F)(F)F)c4C[C@H]3C[C@@H]12. The third kappa shape index (κ3) is 3.78. The van der Waals surface area contributed by atoms with E-state index in [0.717, 1.165) is 6.07 Å². The Labute approximate surface area is 227 Å². The minimum atomic E-state index is -4.88. The normalized spacial score (nSPS) is 30.5. The van der Waals surface area contributed by atoms with Crippen molar-refractivity contribution in [3.8, 4) is 5.75 Å². The van der Waals surface area contributed by atoms with Crippen LogP contribution in [0.1, 0.15) is 59.3 Å². The number of aromatic hydroxyl groups is 1. The van der Waals surface area contributed by atoms with Gasteiger partial charge in [0.1, 0.15) is 22.8 Å². The van der Waals surface area contributed by atoms with E-state index in [2.05, 4.69) is 5.32 Å². The molecule has 0 saturated carbocycles. The van der Waals surface area contributed by atoms with Gasteiger partial charge in [0.05, 0.1) is 17.2 Å². The molecule has 3 aliphatic carbocycles. The third-order valence-corrected chi connectivity index (χ3v) is 8.89. The summed E-state index contributed by atoms with van der Waals surface area (Å²) in [7, 11) is 1.52. The maximum atomic E-state index is 14.6. The lowest BCUT2D eigenvalue weighted by Crippen LogP contribution is -2.64. The maximum absolute atomic E-state index is 14.6. The molecule has 0 radical (unpaired) electrons. The van der Waals surface area contributed by atoms with Crippen LogP contribution in [-0.2, 0) is 22.2 Å². The van der Waals surface area contributed by atoms with Gasteiger partial charge in [-0.1, -0.05) is 6.92 Å². The van der Waals surface area contributed by atoms with Crippen molar-refractivity contribution in [3.05, 3.63) is 51.0 Å². The van der Waals surface area contributed by atoms with Gasteiger partial charge >= 0.3 is 6.18 Å². The predicted molar refractivity (Wildman–Crippen MR) is 133 cm³/mol. The molecule has 0 spiro atoms.